The lowest BCUT2D eigenvalue weighted by atomic mass is 10.2. The van der Waals surface area contributed by atoms with Crippen LogP contribution in [0.1, 0.15) is 25.3 Å². The number of likely N-dealkylation sites (tertiary alicyclic amines) is 1. The van der Waals surface area contributed by atoms with Gasteiger partial charge >= 0.3 is 0 Å². The van der Waals surface area contributed by atoms with Gasteiger partial charge in [-0.1, -0.05) is 18.2 Å². The van der Waals surface area contributed by atoms with Gasteiger partial charge in [0.1, 0.15) is 6.04 Å². The van der Waals surface area contributed by atoms with Crippen LogP contribution in [0, 0.1) is 0 Å². The van der Waals surface area contributed by atoms with Crippen molar-refractivity contribution in [2.75, 3.05) is 13.7 Å². The fraction of sp³-hybridized carbons (Fsp3) is 0.350. The van der Waals surface area contributed by atoms with Gasteiger partial charge in [-0.15, -0.1) is 0 Å². The van der Waals surface area contributed by atoms with Gasteiger partial charge in [-0.25, -0.2) is 4.98 Å². The third-order valence-corrected chi connectivity index (χ3v) is 4.54. The standard InChI is InChI=1S/C20H23N3O4/c1-14(24)23-12-6-8-16(23)19(25)22-13-15-7-5-11-21-20(15)27-18-10-4-3-9-17(18)26-2/h3-5,7,9-11,16H,6,8,12-13H2,1-2H3,(H,22,25)/t16-/m0/s1. The number of nitrogens with one attached hydrogen (secondary N) is 1. The van der Waals surface area contributed by atoms with Gasteiger partial charge in [0.05, 0.1) is 7.11 Å². The second kappa shape index (κ2) is 8.53. The Bertz CT molecular complexity index is 824. The summed E-state index contributed by atoms with van der Waals surface area (Å²) in [5.41, 5.74) is 0.740. The molecule has 27 heavy (non-hydrogen) atoms. The zero-order valence-electron chi connectivity index (χ0n) is 15.5. The Hall–Kier alpha value is -3.09. The van der Waals surface area contributed by atoms with Crippen molar-refractivity contribution in [1.82, 2.24) is 15.2 Å². The van der Waals surface area contributed by atoms with E-state index in [1.54, 1.807) is 36.4 Å². The predicted octanol–water partition coefficient (Wildman–Crippen LogP) is 2.51. The van der Waals surface area contributed by atoms with E-state index in [0.29, 0.717) is 30.3 Å². The number of carbonyl (C=O) groups excluding carboxylic acids is 2. The fourth-order valence-corrected chi connectivity index (χ4v) is 3.17. The van der Waals surface area contributed by atoms with E-state index in [1.165, 1.54) is 6.92 Å². The quantitative estimate of drug-likeness (QED) is 0.846. The number of rotatable bonds is 6. The summed E-state index contributed by atoms with van der Waals surface area (Å²) in [5.74, 6) is 1.31. The monoisotopic (exact) mass is 369 g/mol. The lowest BCUT2D eigenvalue weighted by Crippen LogP contribution is -2.44. The molecule has 1 fully saturated rings. The first-order valence-electron chi connectivity index (χ1n) is 8.90. The topological polar surface area (TPSA) is 80.8 Å². The van der Waals surface area contributed by atoms with Crippen LogP contribution in [0.5, 0.6) is 17.4 Å². The fourth-order valence-electron chi connectivity index (χ4n) is 3.17. The number of methoxy groups -OCH3 is 1. The van der Waals surface area contributed by atoms with E-state index in [1.807, 2.05) is 18.2 Å². The Morgan fingerprint density at radius 2 is 2.00 bits per heavy atom. The summed E-state index contributed by atoms with van der Waals surface area (Å²) in [6.45, 7) is 2.38. The zero-order chi connectivity index (χ0) is 19.2. The average Bonchev–Trinajstić information content (AvgIpc) is 3.18. The molecule has 1 N–H and O–H groups in total. The largest absolute Gasteiger partial charge is 0.493 e. The molecule has 2 heterocycles. The van der Waals surface area contributed by atoms with Crippen molar-refractivity contribution >= 4 is 11.8 Å². The minimum atomic E-state index is -0.405. The molecule has 0 unspecified atom stereocenters. The highest BCUT2D eigenvalue weighted by molar-refractivity contribution is 5.87. The molecule has 1 aromatic heterocycles. The minimum absolute atomic E-state index is 0.0748. The summed E-state index contributed by atoms with van der Waals surface area (Å²) in [7, 11) is 1.57. The molecule has 1 aliphatic rings. The maximum atomic E-state index is 12.5. The maximum Gasteiger partial charge on any atom is 0.243 e. The van der Waals surface area contributed by atoms with Crippen LogP contribution in [-0.2, 0) is 16.1 Å². The van der Waals surface area contributed by atoms with Crippen LogP contribution in [-0.4, -0.2) is 41.4 Å². The zero-order valence-corrected chi connectivity index (χ0v) is 15.5. The molecule has 0 saturated carbocycles. The molecule has 7 heteroatoms. The van der Waals surface area contributed by atoms with Crippen molar-refractivity contribution in [3.8, 4) is 17.4 Å². The van der Waals surface area contributed by atoms with E-state index in [9.17, 15) is 9.59 Å². The van der Waals surface area contributed by atoms with Gasteiger partial charge in [-0.05, 0) is 31.0 Å². The number of hydrogen-bond acceptors (Lipinski definition) is 5. The maximum absolute atomic E-state index is 12.5. The van der Waals surface area contributed by atoms with E-state index in [0.717, 1.165) is 12.0 Å². The number of aromatic nitrogens is 1. The smallest absolute Gasteiger partial charge is 0.243 e. The van der Waals surface area contributed by atoms with Crippen molar-refractivity contribution in [3.63, 3.8) is 0 Å². The number of pyridine rings is 1. The summed E-state index contributed by atoms with van der Waals surface area (Å²) in [4.78, 5) is 30.1. The minimum Gasteiger partial charge on any atom is -0.493 e. The van der Waals surface area contributed by atoms with Crippen molar-refractivity contribution in [2.45, 2.75) is 32.4 Å². The average molecular weight is 369 g/mol. The van der Waals surface area contributed by atoms with E-state index in [4.69, 9.17) is 9.47 Å². The van der Waals surface area contributed by atoms with Gasteiger partial charge in [0.25, 0.3) is 0 Å². The van der Waals surface area contributed by atoms with Gasteiger partial charge in [0, 0.05) is 31.8 Å². The van der Waals surface area contributed by atoms with E-state index in [-0.39, 0.29) is 18.4 Å². The summed E-state index contributed by atoms with van der Waals surface area (Å²) in [5, 5.41) is 2.90. The number of hydrogen-bond donors (Lipinski definition) is 1. The molecule has 1 aliphatic heterocycles. The summed E-state index contributed by atoms with van der Waals surface area (Å²) in [6.07, 6.45) is 3.15. The number of ether oxygens (including phenoxy) is 2. The SMILES string of the molecule is COc1ccccc1Oc1ncccc1CNC(=O)[C@@H]1CCCN1C(C)=O. The molecule has 2 amide bonds. The Labute approximate surface area is 158 Å². The molecule has 0 aliphatic carbocycles. The first-order chi connectivity index (χ1) is 13.1. The van der Waals surface area contributed by atoms with Gasteiger partial charge in [-0.2, -0.15) is 0 Å². The summed E-state index contributed by atoms with van der Waals surface area (Å²) >= 11 is 0. The van der Waals surface area contributed by atoms with Crippen LogP contribution in [0.25, 0.3) is 0 Å². The Kier molecular flexibility index (Phi) is 5.90. The normalized spacial score (nSPS) is 16.1. The van der Waals surface area contributed by atoms with Gasteiger partial charge < -0.3 is 19.7 Å². The second-order valence-corrected chi connectivity index (χ2v) is 6.31. The number of nitrogens with zero attached hydrogens (tertiary/aromatic N) is 2. The van der Waals surface area contributed by atoms with Crippen LogP contribution in [0.4, 0.5) is 0 Å². The van der Waals surface area contributed by atoms with E-state index in [2.05, 4.69) is 10.3 Å². The Morgan fingerprint density at radius 1 is 1.22 bits per heavy atom. The molecular weight excluding hydrogens is 346 g/mol. The molecule has 3 rings (SSSR count). The molecule has 1 saturated heterocycles. The first-order valence-corrected chi connectivity index (χ1v) is 8.90. The van der Waals surface area contributed by atoms with Gasteiger partial charge in [-0.3, -0.25) is 9.59 Å². The molecule has 0 radical (unpaired) electrons. The number of benzene rings is 1. The van der Waals surface area contributed by atoms with Crippen molar-refractivity contribution in [3.05, 3.63) is 48.2 Å². The summed E-state index contributed by atoms with van der Waals surface area (Å²) < 4.78 is 11.2. The van der Waals surface area contributed by atoms with Crippen molar-refractivity contribution in [2.24, 2.45) is 0 Å². The third-order valence-electron chi connectivity index (χ3n) is 4.54. The Morgan fingerprint density at radius 3 is 2.74 bits per heavy atom. The molecule has 0 spiro atoms. The molecular formula is C20H23N3O4. The van der Waals surface area contributed by atoms with Crippen molar-refractivity contribution < 1.29 is 19.1 Å². The second-order valence-electron chi connectivity index (χ2n) is 6.31. The van der Waals surface area contributed by atoms with Gasteiger partial charge in [0.2, 0.25) is 17.7 Å². The summed E-state index contributed by atoms with van der Waals surface area (Å²) in [6, 6.07) is 10.5. The van der Waals surface area contributed by atoms with Gasteiger partial charge in [0.15, 0.2) is 11.5 Å². The lowest BCUT2D eigenvalue weighted by Gasteiger charge is -2.22. The highest BCUT2D eigenvalue weighted by Gasteiger charge is 2.32. The van der Waals surface area contributed by atoms with Crippen LogP contribution in [0.2, 0.25) is 0 Å². The lowest BCUT2D eigenvalue weighted by molar-refractivity contribution is -0.136. The molecule has 7 nitrogen and oxygen atoms in total. The van der Waals surface area contributed by atoms with Crippen LogP contribution in [0.3, 0.4) is 0 Å². The van der Waals surface area contributed by atoms with Crippen molar-refractivity contribution in [1.29, 1.82) is 0 Å². The number of para-hydroxylation sites is 2. The van der Waals surface area contributed by atoms with Crippen LogP contribution < -0.4 is 14.8 Å². The predicted molar refractivity (Wildman–Crippen MR) is 99.6 cm³/mol. The van der Waals surface area contributed by atoms with E-state index < -0.39 is 6.04 Å². The van der Waals surface area contributed by atoms with Crippen LogP contribution in [0.15, 0.2) is 42.6 Å². The van der Waals surface area contributed by atoms with E-state index >= 15 is 0 Å². The third kappa shape index (κ3) is 4.36. The van der Waals surface area contributed by atoms with Crippen LogP contribution >= 0.6 is 0 Å². The molecule has 1 aromatic carbocycles. The molecule has 142 valence electrons. The molecule has 1 atom stereocenters. The highest BCUT2D eigenvalue weighted by atomic mass is 16.5. The molecule has 2 aromatic rings. The number of amides is 2. The molecule has 0 bridgehead atoms. The first kappa shape index (κ1) is 18.7. The number of carbonyl (C=O) groups is 2. The Balaban J connectivity index is 1.69. The highest BCUT2D eigenvalue weighted by Crippen LogP contribution is 2.31.